The summed E-state index contributed by atoms with van der Waals surface area (Å²) in [6, 6.07) is 5.38. The Hall–Kier alpha value is -2.08. The molecule has 23 heavy (non-hydrogen) atoms. The number of rotatable bonds is 5. The Kier molecular flexibility index (Phi) is 4.66. The Balaban J connectivity index is 2.44. The lowest BCUT2D eigenvalue weighted by atomic mass is 9.96. The summed E-state index contributed by atoms with van der Waals surface area (Å²) in [6.07, 6.45) is 0.828. The summed E-state index contributed by atoms with van der Waals surface area (Å²) in [4.78, 5) is 25.3. The summed E-state index contributed by atoms with van der Waals surface area (Å²) in [5.41, 5.74) is 11.9. The van der Waals surface area contributed by atoms with Gasteiger partial charge in [-0.2, -0.15) is 0 Å². The van der Waals surface area contributed by atoms with Crippen molar-refractivity contribution in [2.45, 2.75) is 45.8 Å². The molecule has 4 N–H and O–H groups in total. The molecule has 0 aromatic heterocycles. The topological polar surface area (TPSA) is 98.6 Å². The molecule has 1 atom stereocenters. The summed E-state index contributed by atoms with van der Waals surface area (Å²) >= 11 is 0. The maximum Gasteiger partial charge on any atom is 0.271 e. The smallest absolute Gasteiger partial charge is 0.271 e. The second-order valence-electron chi connectivity index (χ2n) is 6.93. The van der Waals surface area contributed by atoms with Gasteiger partial charge in [0.15, 0.2) is 5.60 Å². The largest absolute Gasteiger partial charge is 0.476 e. The lowest BCUT2D eigenvalue weighted by Crippen LogP contribution is -2.54. The third kappa shape index (κ3) is 3.64. The molecule has 126 valence electrons. The van der Waals surface area contributed by atoms with Crippen LogP contribution >= 0.6 is 0 Å². The van der Waals surface area contributed by atoms with Crippen molar-refractivity contribution < 1.29 is 14.3 Å². The van der Waals surface area contributed by atoms with E-state index in [0.717, 1.165) is 12.0 Å². The summed E-state index contributed by atoms with van der Waals surface area (Å²) in [5.74, 6) is 0.146. The van der Waals surface area contributed by atoms with E-state index in [0.29, 0.717) is 17.4 Å². The van der Waals surface area contributed by atoms with Gasteiger partial charge in [0.05, 0.1) is 5.69 Å². The zero-order valence-corrected chi connectivity index (χ0v) is 14.1. The molecule has 1 unspecified atom stereocenters. The number of ether oxygens (including phenoxy) is 1. The average molecular weight is 319 g/mol. The predicted molar refractivity (Wildman–Crippen MR) is 89.1 cm³/mol. The van der Waals surface area contributed by atoms with E-state index in [-0.39, 0.29) is 18.5 Å². The van der Waals surface area contributed by atoms with E-state index < -0.39 is 11.5 Å². The van der Waals surface area contributed by atoms with Crippen molar-refractivity contribution in [3.63, 3.8) is 0 Å². The Labute approximate surface area is 136 Å². The molecule has 0 spiro atoms. The summed E-state index contributed by atoms with van der Waals surface area (Å²) in [6.45, 7) is 7.37. The van der Waals surface area contributed by atoms with Gasteiger partial charge in [0, 0.05) is 6.04 Å². The van der Waals surface area contributed by atoms with Gasteiger partial charge >= 0.3 is 0 Å². The van der Waals surface area contributed by atoms with E-state index in [1.807, 2.05) is 12.1 Å². The van der Waals surface area contributed by atoms with E-state index in [4.69, 9.17) is 16.2 Å². The molecular formula is C17H25N3O3. The number of fused-ring (bicyclic) bond motifs is 1. The third-order valence-corrected chi connectivity index (χ3v) is 3.87. The standard InChI is InChI=1S/C17H25N3O3/c1-10(2)7-12(18)11-5-6-14-13(8-11)20(9-15(19)21)16(22)17(3,4)23-14/h5-6,8,10,12H,7,9,18H2,1-4H3,(H2,19,21). The van der Waals surface area contributed by atoms with Crippen LogP contribution in [-0.2, 0) is 9.59 Å². The maximum atomic E-state index is 12.6. The average Bonchev–Trinajstić information content (AvgIpc) is 2.42. The first-order valence-corrected chi connectivity index (χ1v) is 7.80. The fourth-order valence-corrected chi connectivity index (χ4v) is 2.77. The number of hydrogen-bond donors (Lipinski definition) is 2. The highest BCUT2D eigenvalue weighted by Crippen LogP contribution is 2.39. The van der Waals surface area contributed by atoms with Gasteiger partial charge in [-0.3, -0.25) is 14.5 Å². The highest BCUT2D eigenvalue weighted by Gasteiger charge is 2.41. The van der Waals surface area contributed by atoms with Crippen LogP contribution in [0.25, 0.3) is 0 Å². The van der Waals surface area contributed by atoms with E-state index in [2.05, 4.69) is 13.8 Å². The summed E-state index contributed by atoms with van der Waals surface area (Å²) < 4.78 is 5.78. The Bertz CT molecular complexity index is 626. The number of carbonyl (C=O) groups is 2. The molecule has 0 saturated carbocycles. The van der Waals surface area contributed by atoms with Crippen LogP contribution in [0.2, 0.25) is 0 Å². The first-order valence-electron chi connectivity index (χ1n) is 7.80. The molecule has 2 rings (SSSR count). The van der Waals surface area contributed by atoms with E-state index >= 15 is 0 Å². The van der Waals surface area contributed by atoms with Gasteiger partial charge in [0.25, 0.3) is 5.91 Å². The Morgan fingerprint density at radius 2 is 2.00 bits per heavy atom. The molecule has 1 aliphatic heterocycles. The van der Waals surface area contributed by atoms with Crippen molar-refractivity contribution in [3.8, 4) is 5.75 Å². The van der Waals surface area contributed by atoms with E-state index in [1.54, 1.807) is 19.9 Å². The molecule has 1 aliphatic rings. The molecule has 0 fully saturated rings. The van der Waals surface area contributed by atoms with Gasteiger partial charge in [-0.25, -0.2) is 0 Å². The Morgan fingerprint density at radius 1 is 1.35 bits per heavy atom. The number of nitrogens with two attached hydrogens (primary N) is 2. The maximum absolute atomic E-state index is 12.6. The normalized spacial score (nSPS) is 17.7. The van der Waals surface area contributed by atoms with E-state index in [1.165, 1.54) is 4.90 Å². The van der Waals surface area contributed by atoms with Crippen LogP contribution in [0.15, 0.2) is 18.2 Å². The molecule has 0 aliphatic carbocycles. The Morgan fingerprint density at radius 3 is 2.57 bits per heavy atom. The summed E-state index contributed by atoms with van der Waals surface area (Å²) in [5, 5.41) is 0. The van der Waals surface area contributed by atoms with Crippen LogP contribution in [0.5, 0.6) is 5.75 Å². The summed E-state index contributed by atoms with van der Waals surface area (Å²) in [7, 11) is 0. The van der Waals surface area contributed by atoms with Gasteiger partial charge in [-0.05, 0) is 43.9 Å². The number of anilines is 1. The lowest BCUT2D eigenvalue weighted by Gasteiger charge is -2.38. The number of amides is 2. The van der Waals surface area contributed by atoms with Crippen molar-refractivity contribution in [2.75, 3.05) is 11.4 Å². The molecule has 0 saturated heterocycles. The van der Waals surface area contributed by atoms with Crippen LogP contribution in [0, 0.1) is 5.92 Å². The first-order chi connectivity index (χ1) is 10.6. The molecular weight excluding hydrogens is 294 g/mol. The monoisotopic (exact) mass is 319 g/mol. The minimum Gasteiger partial charge on any atom is -0.476 e. The van der Waals surface area contributed by atoms with Crippen LogP contribution in [0.1, 0.15) is 45.7 Å². The number of nitrogens with zero attached hydrogens (tertiary/aromatic N) is 1. The molecule has 0 radical (unpaired) electrons. The minimum atomic E-state index is -1.04. The predicted octanol–water partition coefficient (Wildman–Crippen LogP) is 1.72. The molecule has 2 amide bonds. The third-order valence-electron chi connectivity index (χ3n) is 3.87. The fourth-order valence-electron chi connectivity index (χ4n) is 2.77. The number of benzene rings is 1. The van der Waals surface area contributed by atoms with Crippen LogP contribution in [0.3, 0.4) is 0 Å². The van der Waals surface area contributed by atoms with Gasteiger partial charge < -0.3 is 16.2 Å². The highest BCUT2D eigenvalue weighted by molar-refractivity contribution is 6.05. The molecule has 6 heteroatoms. The van der Waals surface area contributed by atoms with Crippen molar-refractivity contribution in [3.05, 3.63) is 23.8 Å². The highest BCUT2D eigenvalue weighted by atomic mass is 16.5. The molecule has 1 aromatic rings. The number of hydrogen-bond acceptors (Lipinski definition) is 4. The minimum absolute atomic E-state index is 0.138. The quantitative estimate of drug-likeness (QED) is 0.863. The lowest BCUT2D eigenvalue weighted by molar-refractivity contribution is -0.133. The molecule has 0 bridgehead atoms. The fraction of sp³-hybridized carbons (Fsp3) is 0.529. The molecule has 1 heterocycles. The second kappa shape index (κ2) is 6.20. The first kappa shape index (κ1) is 17.3. The van der Waals surface area contributed by atoms with Crippen molar-refractivity contribution >= 4 is 17.5 Å². The van der Waals surface area contributed by atoms with Gasteiger partial charge in [-0.1, -0.05) is 19.9 Å². The van der Waals surface area contributed by atoms with Gasteiger partial charge in [0.2, 0.25) is 5.91 Å². The SMILES string of the molecule is CC(C)CC(N)c1ccc2c(c1)N(CC(N)=O)C(=O)C(C)(C)O2. The van der Waals surface area contributed by atoms with Crippen molar-refractivity contribution in [1.82, 2.24) is 0 Å². The zero-order valence-electron chi connectivity index (χ0n) is 14.1. The molecule has 1 aromatic carbocycles. The van der Waals surface area contributed by atoms with Crippen LogP contribution < -0.4 is 21.1 Å². The zero-order chi connectivity index (χ0) is 17.4. The van der Waals surface area contributed by atoms with Crippen LogP contribution in [-0.4, -0.2) is 24.0 Å². The number of primary amides is 1. The van der Waals surface area contributed by atoms with Gasteiger partial charge in [-0.15, -0.1) is 0 Å². The van der Waals surface area contributed by atoms with Gasteiger partial charge in [0.1, 0.15) is 12.3 Å². The number of carbonyl (C=O) groups excluding carboxylic acids is 2. The van der Waals surface area contributed by atoms with Crippen molar-refractivity contribution in [2.24, 2.45) is 17.4 Å². The van der Waals surface area contributed by atoms with Crippen molar-refractivity contribution in [1.29, 1.82) is 0 Å². The molecule has 6 nitrogen and oxygen atoms in total. The van der Waals surface area contributed by atoms with E-state index in [9.17, 15) is 9.59 Å². The van der Waals surface area contributed by atoms with Crippen LogP contribution in [0.4, 0.5) is 5.69 Å². The second-order valence-corrected chi connectivity index (χ2v) is 6.93.